The summed E-state index contributed by atoms with van der Waals surface area (Å²) in [6.07, 6.45) is 1.07. The van der Waals surface area contributed by atoms with Crippen LogP contribution >= 0.6 is 15.9 Å². The van der Waals surface area contributed by atoms with E-state index in [0.29, 0.717) is 24.2 Å². The van der Waals surface area contributed by atoms with E-state index in [1.165, 1.54) is 0 Å². The Kier molecular flexibility index (Phi) is 3.59. The Morgan fingerprint density at radius 1 is 1.53 bits per heavy atom. The number of hydrogen-bond acceptors (Lipinski definition) is 3. The van der Waals surface area contributed by atoms with Crippen LogP contribution in [0.25, 0.3) is 0 Å². The normalized spacial score (nSPS) is 19.8. The van der Waals surface area contributed by atoms with Crippen LogP contribution in [-0.2, 0) is 4.79 Å². The van der Waals surface area contributed by atoms with Crippen molar-refractivity contribution in [2.75, 3.05) is 18.1 Å². The Bertz CT molecular complexity index is 461. The molecule has 1 amide bonds. The van der Waals surface area contributed by atoms with Gasteiger partial charge < -0.3 is 10.0 Å². The average molecular weight is 298 g/mol. The molecule has 0 aliphatic carbocycles. The number of nitrogens with zero attached hydrogens (tertiary/aromatic N) is 1. The topological polar surface area (TPSA) is 57.6 Å². The lowest BCUT2D eigenvalue weighted by Crippen LogP contribution is -2.26. The largest absolute Gasteiger partial charge is 0.396 e. The Morgan fingerprint density at radius 2 is 2.29 bits per heavy atom. The minimum atomic E-state index is -0.0468. The van der Waals surface area contributed by atoms with Crippen molar-refractivity contribution in [1.29, 1.82) is 0 Å². The highest BCUT2D eigenvalue weighted by Gasteiger charge is 2.31. The molecule has 1 unspecified atom stereocenters. The van der Waals surface area contributed by atoms with Crippen molar-refractivity contribution < 1.29 is 14.7 Å². The molecule has 0 saturated carbocycles. The Labute approximate surface area is 107 Å². The van der Waals surface area contributed by atoms with E-state index in [-0.39, 0.29) is 18.4 Å². The van der Waals surface area contributed by atoms with Crippen molar-refractivity contribution >= 4 is 33.8 Å². The fourth-order valence-electron chi connectivity index (χ4n) is 2.00. The number of aliphatic hydroxyl groups excluding tert-OH is 1. The zero-order valence-corrected chi connectivity index (χ0v) is 10.7. The smallest absolute Gasteiger partial charge is 0.227 e. The molecule has 90 valence electrons. The van der Waals surface area contributed by atoms with Crippen molar-refractivity contribution in [2.45, 2.75) is 6.42 Å². The van der Waals surface area contributed by atoms with Gasteiger partial charge in [0.2, 0.25) is 5.91 Å². The van der Waals surface area contributed by atoms with E-state index in [2.05, 4.69) is 15.9 Å². The van der Waals surface area contributed by atoms with Crippen molar-refractivity contribution in [3.63, 3.8) is 0 Å². The number of hydrogen-bond donors (Lipinski definition) is 1. The number of aliphatic hydroxyl groups is 1. The van der Waals surface area contributed by atoms with Crippen LogP contribution < -0.4 is 4.90 Å². The summed E-state index contributed by atoms with van der Waals surface area (Å²) in [5, 5.41) is 9.06. The minimum Gasteiger partial charge on any atom is -0.396 e. The fourth-order valence-corrected chi connectivity index (χ4v) is 2.38. The van der Waals surface area contributed by atoms with Gasteiger partial charge in [0.1, 0.15) is 0 Å². The summed E-state index contributed by atoms with van der Waals surface area (Å²) < 4.78 is 0.800. The number of carbonyl (C=O) groups excluding carboxylic acids is 2. The Hall–Kier alpha value is -1.20. The van der Waals surface area contributed by atoms with Crippen LogP contribution in [0.1, 0.15) is 16.8 Å². The Morgan fingerprint density at radius 3 is 2.88 bits per heavy atom. The molecular formula is C12H12BrNO3. The van der Waals surface area contributed by atoms with E-state index in [1.54, 1.807) is 23.1 Å². The summed E-state index contributed by atoms with van der Waals surface area (Å²) >= 11 is 3.28. The molecule has 1 saturated heterocycles. The van der Waals surface area contributed by atoms with Gasteiger partial charge in [-0.2, -0.15) is 0 Å². The molecule has 0 spiro atoms. The molecule has 1 atom stereocenters. The van der Waals surface area contributed by atoms with Crippen LogP contribution in [0.3, 0.4) is 0 Å². The third-order valence-corrected chi connectivity index (χ3v) is 3.36. The monoisotopic (exact) mass is 297 g/mol. The minimum absolute atomic E-state index is 0.00477. The SMILES string of the molecule is O=Cc1cc(Br)ccc1N1CC(CO)CC1=O. The molecule has 5 heteroatoms. The molecule has 1 aromatic rings. The number of benzene rings is 1. The predicted octanol–water partition coefficient (Wildman–Crippen LogP) is 1.61. The molecule has 1 heterocycles. The summed E-state index contributed by atoms with van der Waals surface area (Å²) in [7, 11) is 0. The van der Waals surface area contributed by atoms with Crippen molar-refractivity contribution in [2.24, 2.45) is 5.92 Å². The quantitative estimate of drug-likeness (QED) is 0.863. The van der Waals surface area contributed by atoms with Crippen LogP contribution in [-0.4, -0.2) is 30.5 Å². The first-order valence-corrected chi connectivity index (χ1v) is 6.11. The lowest BCUT2D eigenvalue weighted by molar-refractivity contribution is -0.117. The highest BCUT2D eigenvalue weighted by Crippen LogP contribution is 2.29. The van der Waals surface area contributed by atoms with Crippen LogP contribution in [0.15, 0.2) is 22.7 Å². The highest BCUT2D eigenvalue weighted by atomic mass is 79.9. The van der Waals surface area contributed by atoms with E-state index in [9.17, 15) is 9.59 Å². The van der Waals surface area contributed by atoms with Gasteiger partial charge >= 0.3 is 0 Å². The first-order chi connectivity index (χ1) is 8.15. The molecular weight excluding hydrogens is 286 g/mol. The molecule has 1 fully saturated rings. The number of aldehydes is 1. The summed E-state index contributed by atoms with van der Waals surface area (Å²) in [5.41, 5.74) is 1.09. The number of rotatable bonds is 3. The molecule has 1 aromatic carbocycles. The van der Waals surface area contributed by atoms with E-state index in [4.69, 9.17) is 5.11 Å². The van der Waals surface area contributed by atoms with E-state index < -0.39 is 0 Å². The van der Waals surface area contributed by atoms with Gasteiger partial charge in [0.05, 0.1) is 5.69 Å². The summed E-state index contributed by atoms with van der Waals surface area (Å²) in [5.74, 6) is -0.0832. The second-order valence-electron chi connectivity index (χ2n) is 4.08. The second kappa shape index (κ2) is 4.98. The second-order valence-corrected chi connectivity index (χ2v) is 4.99. The van der Waals surface area contributed by atoms with Gasteiger partial charge in [0, 0.05) is 35.5 Å². The van der Waals surface area contributed by atoms with Crippen LogP contribution in [0.4, 0.5) is 5.69 Å². The number of halogens is 1. The van der Waals surface area contributed by atoms with Gasteiger partial charge in [-0.1, -0.05) is 15.9 Å². The molecule has 0 radical (unpaired) electrons. The summed E-state index contributed by atoms with van der Waals surface area (Å²) in [4.78, 5) is 24.3. The van der Waals surface area contributed by atoms with Crippen LogP contribution in [0, 0.1) is 5.92 Å². The molecule has 1 aliphatic rings. The lowest BCUT2D eigenvalue weighted by atomic mass is 10.1. The summed E-state index contributed by atoms with van der Waals surface area (Å²) in [6, 6.07) is 5.22. The maximum Gasteiger partial charge on any atom is 0.227 e. The van der Waals surface area contributed by atoms with Gasteiger partial charge in [-0.25, -0.2) is 0 Å². The number of amides is 1. The summed E-state index contributed by atoms with van der Waals surface area (Å²) in [6.45, 7) is 0.465. The fraction of sp³-hybridized carbons (Fsp3) is 0.333. The van der Waals surface area contributed by atoms with E-state index >= 15 is 0 Å². The average Bonchev–Trinajstić information content (AvgIpc) is 2.70. The first kappa shape index (κ1) is 12.3. The van der Waals surface area contributed by atoms with Gasteiger partial charge in [-0.05, 0) is 18.2 Å². The molecule has 4 nitrogen and oxygen atoms in total. The molecule has 1 N–H and O–H groups in total. The molecule has 1 aliphatic heterocycles. The Balaban J connectivity index is 2.34. The molecule has 2 rings (SSSR count). The zero-order chi connectivity index (χ0) is 12.4. The maximum absolute atomic E-state index is 11.8. The molecule has 17 heavy (non-hydrogen) atoms. The van der Waals surface area contributed by atoms with Gasteiger partial charge in [0.15, 0.2) is 6.29 Å². The zero-order valence-electron chi connectivity index (χ0n) is 9.10. The number of anilines is 1. The first-order valence-electron chi connectivity index (χ1n) is 5.31. The highest BCUT2D eigenvalue weighted by molar-refractivity contribution is 9.10. The standard InChI is InChI=1S/C12H12BrNO3/c13-10-1-2-11(9(4-10)7-16)14-5-8(6-15)3-12(14)17/h1-2,4,7-8,15H,3,5-6H2. The number of carbonyl (C=O) groups is 2. The van der Waals surface area contributed by atoms with Crippen molar-refractivity contribution in [3.8, 4) is 0 Å². The maximum atomic E-state index is 11.8. The third kappa shape index (κ3) is 2.40. The lowest BCUT2D eigenvalue weighted by Gasteiger charge is -2.18. The van der Waals surface area contributed by atoms with Gasteiger partial charge in [-0.3, -0.25) is 9.59 Å². The molecule has 0 aromatic heterocycles. The van der Waals surface area contributed by atoms with Crippen LogP contribution in [0.2, 0.25) is 0 Å². The third-order valence-electron chi connectivity index (χ3n) is 2.87. The van der Waals surface area contributed by atoms with Gasteiger partial charge in [-0.15, -0.1) is 0 Å². The van der Waals surface area contributed by atoms with Gasteiger partial charge in [0.25, 0.3) is 0 Å². The van der Waals surface area contributed by atoms with Crippen LogP contribution in [0.5, 0.6) is 0 Å². The van der Waals surface area contributed by atoms with E-state index in [1.807, 2.05) is 0 Å². The molecule has 0 bridgehead atoms. The predicted molar refractivity (Wildman–Crippen MR) is 67.1 cm³/mol. The van der Waals surface area contributed by atoms with Crippen molar-refractivity contribution in [3.05, 3.63) is 28.2 Å². The van der Waals surface area contributed by atoms with Crippen molar-refractivity contribution in [1.82, 2.24) is 0 Å². The van der Waals surface area contributed by atoms with E-state index in [0.717, 1.165) is 10.8 Å².